The summed E-state index contributed by atoms with van der Waals surface area (Å²) < 4.78 is 37.7. The minimum atomic E-state index is -4.39. The first kappa shape index (κ1) is 13.1. The summed E-state index contributed by atoms with van der Waals surface area (Å²) >= 11 is 0. The molecule has 0 atom stereocenters. The van der Waals surface area contributed by atoms with Crippen molar-refractivity contribution in [3.05, 3.63) is 52.8 Å². The zero-order valence-corrected chi connectivity index (χ0v) is 9.66. The summed E-state index contributed by atoms with van der Waals surface area (Å²) in [7, 11) is 0. The van der Waals surface area contributed by atoms with Gasteiger partial charge < -0.3 is 5.73 Å². The Labute approximate surface area is 106 Å². The van der Waals surface area contributed by atoms with Crippen LogP contribution in [0.25, 0.3) is 0 Å². The third-order valence-corrected chi connectivity index (χ3v) is 2.62. The molecule has 19 heavy (non-hydrogen) atoms. The monoisotopic (exact) mass is 269 g/mol. The van der Waals surface area contributed by atoms with Crippen LogP contribution in [0.4, 0.5) is 13.2 Å². The maximum absolute atomic E-state index is 12.6. The average Bonchev–Trinajstić information content (AvgIpc) is 2.76. The highest BCUT2D eigenvalue weighted by Crippen LogP contribution is 2.30. The number of primary amides is 1. The summed E-state index contributed by atoms with van der Waals surface area (Å²) in [6.07, 6.45) is -3.01. The number of carbonyl (C=O) groups is 1. The molecule has 0 fully saturated rings. The van der Waals surface area contributed by atoms with Gasteiger partial charge in [-0.15, -0.1) is 0 Å². The molecule has 3 N–H and O–H groups in total. The number of amides is 1. The van der Waals surface area contributed by atoms with Gasteiger partial charge in [-0.05, 0) is 11.6 Å². The molecule has 0 aliphatic heterocycles. The van der Waals surface area contributed by atoms with Gasteiger partial charge in [-0.2, -0.15) is 18.3 Å². The van der Waals surface area contributed by atoms with Crippen molar-refractivity contribution in [1.82, 2.24) is 10.2 Å². The van der Waals surface area contributed by atoms with Crippen LogP contribution in [-0.2, 0) is 12.6 Å². The Morgan fingerprint density at radius 1 is 1.37 bits per heavy atom. The zero-order valence-electron chi connectivity index (χ0n) is 9.66. The van der Waals surface area contributed by atoms with Gasteiger partial charge in [0.05, 0.1) is 23.0 Å². The summed E-state index contributed by atoms with van der Waals surface area (Å²) in [4.78, 5) is 11.1. The van der Waals surface area contributed by atoms with Crippen molar-refractivity contribution in [1.29, 1.82) is 0 Å². The SMILES string of the molecule is NC(=O)c1cn[nH]c1Cc1cccc(C(F)(F)F)c1. The number of aromatic amines is 1. The van der Waals surface area contributed by atoms with E-state index in [2.05, 4.69) is 10.2 Å². The molecular weight excluding hydrogens is 259 g/mol. The predicted molar refractivity (Wildman–Crippen MR) is 61.4 cm³/mol. The first-order valence-electron chi connectivity index (χ1n) is 5.36. The van der Waals surface area contributed by atoms with Gasteiger partial charge in [0.1, 0.15) is 0 Å². The predicted octanol–water partition coefficient (Wildman–Crippen LogP) is 2.12. The minimum Gasteiger partial charge on any atom is -0.365 e. The summed E-state index contributed by atoms with van der Waals surface area (Å²) in [6, 6.07) is 4.89. The molecule has 0 saturated carbocycles. The molecule has 2 aromatic rings. The molecule has 0 aliphatic carbocycles. The molecule has 0 radical (unpaired) electrons. The molecule has 100 valence electrons. The van der Waals surface area contributed by atoms with E-state index < -0.39 is 17.6 Å². The van der Waals surface area contributed by atoms with Crippen molar-refractivity contribution in [3.8, 4) is 0 Å². The quantitative estimate of drug-likeness (QED) is 0.895. The molecule has 0 bridgehead atoms. The number of rotatable bonds is 3. The highest BCUT2D eigenvalue weighted by atomic mass is 19.4. The van der Waals surface area contributed by atoms with E-state index in [4.69, 9.17) is 5.73 Å². The van der Waals surface area contributed by atoms with Gasteiger partial charge in [0.15, 0.2) is 0 Å². The number of nitrogens with two attached hydrogens (primary N) is 1. The molecule has 0 spiro atoms. The lowest BCUT2D eigenvalue weighted by molar-refractivity contribution is -0.137. The first-order chi connectivity index (χ1) is 8.88. The fraction of sp³-hybridized carbons (Fsp3) is 0.167. The van der Waals surface area contributed by atoms with Crippen LogP contribution in [0.5, 0.6) is 0 Å². The summed E-state index contributed by atoms with van der Waals surface area (Å²) in [5.74, 6) is -0.671. The zero-order chi connectivity index (χ0) is 14.0. The van der Waals surface area contributed by atoms with Crippen LogP contribution < -0.4 is 5.73 Å². The summed E-state index contributed by atoms with van der Waals surface area (Å²) in [6.45, 7) is 0. The topological polar surface area (TPSA) is 71.8 Å². The average molecular weight is 269 g/mol. The van der Waals surface area contributed by atoms with E-state index in [1.54, 1.807) is 6.07 Å². The Bertz CT molecular complexity index is 604. The Kier molecular flexibility index (Phi) is 3.28. The van der Waals surface area contributed by atoms with E-state index in [0.717, 1.165) is 12.1 Å². The van der Waals surface area contributed by atoms with E-state index in [0.29, 0.717) is 11.3 Å². The second-order valence-electron chi connectivity index (χ2n) is 4.00. The van der Waals surface area contributed by atoms with Crippen molar-refractivity contribution < 1.29 is 18.0 Å². The fourth-order valence-corrected chi connectivity index (χ4v) is 1.72. The third-order valence-electron chi connectivity index (χ3n) is 2.62. The molecular formula is C12H10F3N3O. The van der Waals surface area contributed by atoms with E-state index in [-0.39, 0.29) is 12.0 Å². The van der Waals surface area contributed by atoms with Crippen molar-refractivity contribution in [2.45, 2.75) is 12.6 Å². The van der Waals surface area contributed by atoms with Crippen molar-refractivity contribution >= 4 is 5.91 Å². The Hall–Kier alpha value is -2.31. The van der Waals surface area contributed by atoms with E-state index in [1.807, 2.05) is 0 Å². The molecule has 1 aromatic carbocycles. The van der Waals surface area contributed by atoms with E-state index in [1.165, 1.54) is 12.3 Å². The number of hydrogen-bond donors (Lipinski definition) is 2. The third kappa shape index (κ3) is 2.93. The minimum absolute atomic E-state index is 0.127. The molecule has 1 amide bonds. The van der Waals surface area contributed by atoms with Gasteiger partial charge in [-0.1, -0.05) is 18.2 Å². The number of halogens is 3. The second kappa shape index (κ2) is 4.75. The van der Waals surface area contributed by atoms with Crippen LogP contribution >= 0.6 is 0 Å². The lowest BCUT2D eigenvalue weighted by Gasteiger charge is -2.08. The smallest absolute Gasteiger partial charge is 0.365 e. The first-order valence-corrected chi connectivity index (χ1v) is 5.36. The number of benzene rings is 1. The van der Waals surface area contributed by atoms with Gasteiger partial charge in [0, 0.05) is 6.42 Å². The van der Waals surface area contributed by atoms with Crippen molar-refractivity contribution in [3.63, 3.8) is 0 Å². The standard InChI is InChI=1S/C12H10F3N3O/c13-12(14,15)8-3-1-2-7(4-8)5-10-9(11(16)19)6-17-18-10/h1-4,6H,5H2,(H2,16,19)(H,17,18). The lowest BCUT2D eigenvalue weighted by Crippen LogP contribution is -2.12. The number of carbonyl (C=O) groups excluding carboxylic acids is 1. The van der Waals surface area contributed by atoms with E-state index >= 15 is 0 Å². The molecule has 0 saturated heterocycles. The maximum atomic E-state index is 12.6. The number of aromatic nitrogens is 2. The second-order valence-corrected chi connectivity index (χ2v) is 4.00. The van der Waals surface area contributed by atoms with Crippen LogP contribution in [0.3, 0.4) is 0 Å². The molecule has 7 heteroatoms. The largest absolute Gasteiger partial charge is 0.416 e. The number of hydrogen-bond acceptors (Lipinski definition) is 2. The summed E-state index contributed by atoms with van der Waals surface area (Å²) in [5.41, 5.74) is 5.39. The van der Waals surface area contributed by atoms with Crippen LogP contribution in [0, 0.1) is 0 Å². The molecule has 0 unspecified atom stereocenters. The highest BCUT2D eigenvalue weighted by molar-refractivity contribution is 5.93. The van der Waals surface area contributed by atoms with Gasteiger partial charge in [-0.3, -0.25) is 9.89 Å². The molecule has 0 aliphatic rings. The maximum Gasteiger partial charge on any atom is 0.416 e. The van der Waals surface area contributed by atoms with Crippen LogP contribution in [0.1, 0.15) is 27.2 Å². The van der Waals surface area contributed by atoms with Crippen LogP contribution in [0.2, 0.25) is 0 Å². The molecule has 1 aromatic heterocycles. The van der Waals surface area contributed by atoms with Gasteiger partial charge >= 0.3 is 6.18 Å². The van der Waals surface area contributed by atoms with Crippen molar-refractivity contribution in [2.75, 3.05) is 0 Å². The normalized spacial score (nSPS) is 11.5. The Morgan fingerprint density at radius 2 is 2.11 bits per heavy atom. The van der Waals surface area contributed by atoms with Gasteiger partial charge in [0.25, 0.3) is 5.91 Å². The van der Waals surface area contributed by atoms with Crippen LogP contribution in [-0.4, -0.2) is 16.1 Å². The highest BCUT2D eigenvalue weighted by Gasteiger charge is 2.30. The number of nitrogens with one attached hydrogen (secondary N) is 1. The Balaban J connectivity index is 2.29. The van der Waals surface area contributed by atoms with Crippen molar-refractivity contribution in [2.24, 2.45) is 5.73 Å². The number of alkyl halides is 3. The molecule has 1 heterocycles. The molecule has 4 nitrogen and oxygen atoms in total. The number of nitrogens with zero attached hydrogens (tertiary/aromatic N) is 1. The van der Waals surface area contributed by atoms with Gasteiger partial charge in [0.2, 0.25) is 0 Å². The Morgan fingerprint density at radius 3 is 2.74 bits per heavy atom. The van der Waals surface area contributed by atoms with Gasteiger partial charge in [-0.25, -0.2) is 0 Å². The molecule has 2 rings (SSSR count). The number of H-pyrrole nitrogens is 1. The lowest BCUT2D eigenvalue weighted by atomic mass is 10.0. The van der Waals surface area contributed by atoms with E-state index in [9.17, 15) is 18.0 Å². The fourth-order valence-electron chi connectivity index (χ4n) is 1.72. The summed E-state index contributed by atoms with van der Waals surface area (Å²) in [5, 5.41) is 6.22. The van der Waals surface area contributed by atoms with Crippen LogP contribution in [0.15, 0.2) is 30.5 Å².